The molecule has 0 spiro atoms. The lowest BCUT2D eigenvalue weighted by Crippen LogP contribution is -2.54. The summed E-state index contributed by atoms with van der Waals surface area (Å²) in [4.78, 5) is 47.9. The van der Waals surface area contributed by atoms with Gasteiger partial charge in [-0.2, -0.15) is 9.48 Å². The molecule has 158 valence electrons. The van der Waals surface area contributed by atoms with Crippen LogP contribution >= 0.6 is 11.8 Å². The van der Waals surface area contributed by atoms with E-state index in [1.807, 2.05) is 0 Å². The molecule has 0 bridgehead atoms. The van der Waals surface area contributed by atoms with Crippen LogP contribution < -0.4 is 5.32 Å². The van der Waals surface area contributed by atoms with Gasteiger partial charge in [-0.05, 0) is 18.3 Å². The van der Waals surface area contributed by atoms with Crippen molar-refractivity contribution in [3.05, 3.63) is 0 Å². The number of rotatable bonds is 4. The van der Waals surface area contributed by atoms with Crippen LogP contribution in [0.2, 0.25) is 0 Å². The molecule has 0 saturated heterocycles. The number of imide groups is 1. The largest absolute Gasteiger partial charge is 0.445 e. The van der Waals surface area contributed by atoms with E-state index in [1.54, 1.807) is 7.05 Å². The van der Waals surface area contributed by atoms with Gasteiger partial charge in [0.15, 0.2) is 5.92 Å². The number of fused-ring (bicyclic) bond motifs is 1. The van der Waals surface area contributed by atoms with Crippen molar-refractivity contribution in [3.63, 3.8) is 0 Å². The minimum Gasteiger partial charge on any atom is -0.353 e. The maximum Gasteiger partial charge on any atom is 0.445 e. The van der Waals surface area contributed by atoms with E-state index in [2.05, 4.69) is 36.1 Å². The quantitative estimate of drug-likeness (QED) is 0.706. The summed E-state index contributed by atoms with van der Waals surface area (Å²) in [5, 5.41) is 3.60. The Hall–Kier alpha value is -2.03. The van der Waals surface area contributed by atoms with Gasteiger partial charge in [0.05, 0.1) is 19.8 Å². The third-order valence-corrected chi connectivity index (χ3v) is 6.27. The van der Waals surface area contributed by atoms with Gasteiger partial charge in [0.1, 0.15) is 5.04 Å². The smallest absolute Gasteiger partial charge is 0.353 e. The number of amidine groups is 2. The van der Waals surface area contributed by atoms with Crippen molar-refractivity contribution in [3.8, 4) is 0 Å². The van der Waals surface area contributed by atoms with E-state index in [1.165, 1.54) is 23.4 Å². The molecule has 0 aromatic carbocycles. The van der Waals surface area contributed by atoms with Crippen LogP contribution in [0.3, 0.4) is 0 Å². The summed E-state index contributed by atoms with van der Waals surface area (Å²) in [6.07, 6.45) is 4.96. The second-order valence-electron chi connectivity index (χ2n) is 9.08. The van der Waals surface area contributed by atoms with Crippen molar-refractivity contribution in [2.45, 2.75) is 58.9 Å². The van der Waals surface area contributed by atoms with Crippen molar-refractivity contribution in [2.75, 3.05) is 19.8 Å². The molecule has 1 atom stereocenters. The van der Waals surface area contributed by atoms with Crippen LogP contribution in [0.5, 0.6) is 0 Å². The van der Waals surface area contributed by atoms with E-state index in [-0.39, 0.29) is 29.0 Å². The number of hydrogen-bond acceptors (Lipinski definition) is 6. The van der Waals surface area contributed by atoms with Crippen molar-refractivity contribution < 1.29 is 19.0 Å². The molecule has 0 radical (unpaired) electrons. The zero-order valence-electron chi connectivity index (χ0n) is 17.8. The van der Waals surface area contributed by atoms with Crippen molar-refractivity contribution in [2.24, 2.45) is 21.3 Å². The Balaban J connectivity index is 1.84. The van der Waals surface area contributed by atoms with Gasteiger partial charge < -0.3 is 5.32 Å². The fraction of sp³-hybridized carbons (Fsp3) is 0.700. The van der Waals surface area contributed by atoms with Crippen LogP contribution in [0, 0.1) is 11.3 Å². The number of thioether (sulfide) groups is 1. The van der Waals surface area contributed by atoms with Crippen molar-refractivity contribution in [1.29, 1.82) is 0 Å². The summed E-state index contributed by atoms with van der Waals surface area (Å²) in [5.74, 6) is 0.0220. The average Bonchev–Trinajstić information content (AvgIpc) is 3.14. The molecule has 0 aromatic rings. The second kappa shape index (κ2) is 8.38. The maximum absolute atomic E-state index is 12.8. The van der Waals surface area contributed by atoms with E-state index in [0.29, 0.717) is 23.1 Å². The lowest BCUT2D eigenvalue weighted by molar-refractivity contribution is -0.407. The van der Waals surface area contributed by atoms with Crippen LogP contribution in [0.15, 0.2) is 9.98 Å². The minimum absolute atomic E-state index is 0.0490. The van der Waals surface area contributed by atoms with Crippen molar-refractivity contribution in [1.82, 2.24) is 10.2 Å². The number of carbonyl (C=O) groups is 3. The first-order chi connectivity index (χ1) is 13.6. The van der Waals surface area contributed by atoms with Gasteiger partial charge in [-0.1, -0.05) is 50.4 Å². The van der Waals surface area contributed by atoms with E-state index in [4.69, 9.17) is 0 Å². The highest BCUT2D eigenvalue weighted by molar-refractivity contribution is 8.14. The third-order valence-electron chi connectivity index (χ3n) is 5.24. The van der Waals surface area contributed by atoms with Crippen LogP contribution in [-0.4, -0.2) is 69.9 Å². The predicted molar refractivity (Wildman–Crippen MR) is 115 cm³/mol. The number of amides is 4. The molecule has 3 aliphatic rings. The molecule has 0 aromatic heterocycles. The zero-order chi connectivity index (χ0) is 21.3. The summed E-state index contributed by atoms with van der Waals surface area (Å²) in [7, 11) is 3.08. The van der Waals surface area contributed by atoms with E-state index in [0.717, 1.165) is 30.6 Å². The SMILES string of the molecule is CN1C(=O)C2C(SCC(=O)NC3CCCC3)=NC(CC(C)(C)C)=NC2=[N+](C)C1=O. The maximum atomic E-state index is 12.8. The highest BCUT2D eigenvalue weighted by Gasteiger charge is 2.49. The molecule has 2 aliphatic heterocycles. The highest BCUT2D eigenvalue weighted by Crippen LogP contribution is 2.28. The highest BCUT2D eigenvalue weighted by atomic mass is 32.2. The topological polar surface area (TPSA) is 94.2 Å². The monoisotopic (exact) mass is 420 g/mol. The van der Waals surface area contributed by atoms with Gasteiger partial charge in [0.25, 0.3) is 5.84 Å². The predicted octanol–water partition coefficient (Wildman–Crippen LogP) is 2.27. The van der Waals surface area contributed by atoms with Gasteiger partial charge in [-0.15, -0.1) is 0 Å². The Morgan fingerprint density at radius 1 is 1.24 bits per heavy atom. The third kappa shape index (κ3) is 4.94. The number of nitrogens with zero attached hydrogens (tertiary/aromatic N) is 4. The van der Waals surface area contributed by atoms with E-state index in [9.17, 15) is 14.4 Å². The summed E-state index contributed by atoms with van der Waals surface area (Å²) >= 11 is 1.26. The molecule has 3 rings (SSSR count). The van der Waals surface area contributed by atoms with Crippen LogP contribution in [0.4, 0.5) is 4.79 Å². The zero-order valence-corrected chi connectivity index (χ0v) is 18.6. The average molecular weight is 421 g/mol. The molecule has 2 heterocycles. The van der Waals surface area contributed by atoms with E-state index >= 15 is 0 Å². The van der Waals surface area contributed by atoms with Crippen LogP contribution in [0.25, 0.3) is 0 Å². The minimum atomic E-state index is -0.740. The van der Waals surface area contributed by atoms with Gasteiger partial charge in [0.2, 0.25) is 11.7 Å². The van der Waals surface area contributed by atoms with Gasteiger partial charge in [-0.3, -0.25) is 9.59 Å². The molecule has 8 nitrogen and oxygen atoms in total. The molecule has 1 fully saturated rings. The standard InChI is InChI=1S/C20H29N5O3S/c1-20(2,3)10-13-22-16-15(18(27)25(5)19(28)24(16)4)17(23-13)29-11-14(26)21-12-8-6-7-9-12/h12,15H,6-11H2,1-5H3/p+1. The molecular weight excluding hydrogens is 390 g/mol. The first-order valence-corrected chi connectivity index (χ1v) is 11.1. The molecule has 1 N–H and O–H groups in total. The Morgan fingerprint density at radius 3 is 2.52 bits per heavy atom. The first-order valence-electron chi connectivity index (χ1n) is 10.1. The first kappa shape index (κ1) is 21.7. The van der Waals surface area contributed by atoms with Crippen molar-refractivity contribution >= 4 is 46.3 Å². The van der Waals surface area contributed by atoms with Gasteiger partial charge in [0, 0.05) is 12.5 Å². The normalized spacial score (nSPS) is 23.2. The molecule has 29 heavy (non-hydrogen) atoms. The summed E-state index contributed by atoms with van der Waals surface area (Å²) < 4.78 is 1.41. The molecule has 1 unspecified atom stereocenters. The van der Waals surface area contributed by atoms with Crippen LogP contribution in [-0.2, 0) is 9.59 Å². The number of urea groups is 1. The number of hydrogen-bond donors (Lipinski definition) is 1. The Labute approximate surface area is 175 Å². The van der Waals surface area contributed by atoms with Gasteiger partial charge >= 0.3 is 11.9 Å². The molecular formula is C20H30N5O3S+. The van der Waals surface area contributed by atoms with Gasteiger partial charge in [-0.25, -0.2) is 9.79 Å². The van der Waals surface area contributed by atoms with Crippen LogP contribution in [0.1, 0.15) is 52.9 Å². The Kier molecular flexibility index (Phi) is 6.26. The molecule has 1 aliphatic carbocycles. The lowest BCUT2D eigenvalue weighted by atomic mass is 9.91. The lowest BCUT2D eigenvalue weighted by Gasteiger charge is -2.27. The molecule has 1 saturated carbocycles. The molecule has 9 heteroatoms. The summed E-state index contributed by atoms with van der Waals surface area (Å²) in [5.41, 5.74) is -0.0522. The Morgan fingerprint density at radius 2 is 1.90 bits per heavy atom. The fourth-order valence-corrected chi connectivity index (χ4v) is 4.67. The summed E-state index contributed by atoms with van der Waals surface area (Å²) in [6.45, 7) is 6.25. The Bertz CT molecular complexity index is 818. The number of aliphatic imine (C=N–C) groups is 2. The number of carbonyl (C=O) groups excluding carboxylic acids is 3. The summed E-state index contributed by atoms with van der Waals surface area (Å²) in [6, 6.07) is -0.159. The fourth-order valence-electron chi connectivity index (χ4n) is 3.77. The second-order valence-corrected chi connectivity index (χ2v) is 10.1. The molecule has 4 amide bonds. The number of nitrogens with one attached hydrogen (secondary N) is 1. The van der Waals surface area contributed by atoms with E-state index < -0.39 is 11.9 Å².